The average Bonchev–Trinajstić information content (AvgIpc) is 3.35. The van der Waals surface area contributed by atoms with Gasteiger partial charge in [-0.05, 0) is 42.0 Å². The first-order chi connectivity index (χ1) is 14.1. The molecule has 1 saturated heterocycles. The largest absolute Gasteiger partial charge is 0.344 e. The number of benzene rings is 1. The number of allylic oxidation sites excluding steroid dienone is 1. The lowest BCUT2D eigenvalue weighted by Crippen LogP contribution is -2.45. The third-order valence-electron chi connectivity index (χ3n) is 5.41. The molecule has 1 aromatic carbocycles. The minimum absolute atomic E-state index is 0.184. The number of carbonyl (C=O) groups excluding carboxylic acids is 3. The molecule has 2 aliphatic rings. The van der Waals surface area contributed by atoms with Gasteiger partial charge in [0, 0.05) is 6.54 Å². The summed E-state index contributed by atoms with van der Waals surface area (Å²) in [4.78, 5) is 40.2. The van der Waals surface area contributed by atoms with E-state index in [2.05, 4.69) is 11.4 Å². The quantitative estimate of drug-likeness (QED) is 0.611. The number of nitrogens with zero attached hydrogens (tertiary/aromatic N) is 2. The predicted molar refractivity (Wildman–Crippen MR) is 108 cm³/mol. The first-order valence-corrected chi connectivity index (χ1v) is 10.3. The Hall–Kier alpha value is -3.24. The van der Waals surface area contributed by atoms with Crippen molar-refractivity contribution in [1.82, 2.24) is 10.2 Å². The highest BCUT2D eigenvalue weighted by Gasteiger charge is 2.51. The molecule has 4 rings (SSSR count). The van der Waals surface area contributed by atoms with E-state index in [1.165, 1.54) is 16.2 Å². The van der Waals surface area contributed by atoms with Crippen molar-refractivity contribution in [2.45, 2.75) is 18.9 Å². The van der Waals surface area contributed by atoms with Crippen LogP contribution in [0.3, 0.4) is 0 Å². The fraction of sp³-hybridized carbons (Fsp3) is 0.273. The number of rotatable bonds is 5. The Kier molecular flexibility index (Phi) is 5.28. The highest BCUT2D eigenvalue weighted by Crippen LogP contribution is 2.35. The fourth-order valence-corrected chi connectivity index (χ4v) is 4.61. The third-order valence-corrected chi connectivity index (χ3v) is 6.28. The van der Waals surface area contributed by atoms with Crippen molar-refractivity contribution in [2.24, 2.45) is 11.8 Å². The summed E-state index contributed by atoms with van der Waals surface area (Å²) in [5.74, 6) is -1.66. The zero-order chi connectivity index (χ0) is 20.4. The second-order valence-electron chi connectivity index (χ2n) is 7.16. The van der Waals surface area contributed by atoms with Crippen molar-refractivity contribution in [3.05, 3.63) is 69.9 Å². The molecule has 0 bridgehead atoms. The van der Waals surface area contributed by atoms with Gasteiger partial charge in [-0.3, -0.25) is 19.3 Å². The van der Waals surface area contributed by atoms with Gasteiger partial charge in [-0.2, -0.15) is 5.26 Å². The van der Waals surface area contributed by atoms with Crippen LogP contribution in [0.25, 0.3) is 0 Å². The van der Waals surface area contributed by atoms with Crippen LogP contribution in [0.15, 0.2) is 53.9 Å². The summed E-state index contributed by atoms with van der Waals surface area (Å²) < 4.78 is 0. The van der Waals surface area contributed by atoms with Crippen molar-refractivity contribution < 1.29 is 14.4 Å². The Morgan fingerprint density at radius 1 is 1.24 bits per heavy atom. The van der Waals surface area contributed by atoms with Crippen LogP contribution >= 0.6 is 11.3 Å². The van der Waals surface area contributed by atoms with Crippen molar-refractivity contribution in [1.29, 1.82) is 5.26 Å². The molecule has 0 spiro atoms. The molecule has 7 heteroatoms. The highest BCUT2D eigenvalue weighted by molar-refractivity contribution is 7.12. The Bertz CT molecular complexity index is 1020. The van der Waals surface area contributed by atoms with Gasteiger partial charge >= 0.3 is 0 Å². The second-order valence-corrected chi connectivity index (χ2v) is 8.11. The van der Waals surface area contributed by atoms with Crippen molar-refractivity contribution in [3.8, 4) is 6.07 Å². The van der Waals surface area contributed by atoms with Crippen LogP contribution in [0.1, 0.15) is 27.2 Å². The summed E-state index contributed by atoms with van der Waals surface area (Å²) in [7, 11) is 0. The molecule has 3 amide bonds. The Labute approximate surface area is 172 Å². The van der Waals surface area contributed by atoms with E-state index in [-0.39, 0.29) is 24.3 Å². The number of fused-ring (bicyclic) bond motifs is 1. The highest BCUT2D eigenvalue weighted by atomic mass is 32.1. The monoisotopic (exact) mass is 405 g/mol. The van der Waals surface area contributed by atoms with Gasteiger partial charge in [0.05, 0.1) is 34.4 Å². The van der Waals surface area contributed by atoms with E-state index in [1.54, 1.807) is 30.3 Å². The van der Waals surface area contributed by atoms with Gasteiger partial charge in [-0.1, -0.05) is 30.4 Å². The fourth-order valence-electron chi connectivity index (χ4n) is 3.98. The van der Waals surface area contributed by atoms with E-state index in [0.717, 1.165) is 5.56 Å². The Balaban J connectivity index is 1.47. The number of thiophene rings is 1. The van der Waals surface area contributed by atoms with Gasteiger partial charge in [0.1, 0.15) is 0 Å². The maximum Gasteiger partial charge on any atom is 0.261 e. The molecule has 3 atom stereocenters. The predicted octanol–water partition coefficient (Wildman–Crippen LogP) is 2.52. The maximum atomic E-state index is 13.0. The maximum absolute atomic E-state index is 13.0. The molecule has 29 heavy (non-hydrogen) atoms. The molecule has 1 aliphatic heterocycles. The number of nitriles is 1. The van der Waals surface area contributed by atoms with E-state index < -0.39 is 17.9 Å². The van der Waals surface area contributed by atoms with Crippen LogP contribution in [-0.2, 0) is 16.0 Å². The van der Waals surface area contributed by atoms with Gasteiger partial charge < -0.3 is 5.32 Å². The topological polar surface area (TPSA) is 90.3 Å². The first-order valence-electron chi connectivity index (χ1n) is 9.44. The van der Waals surface area contributed by atoms with Gasteiger partial charge in [0.15, 0.2) is 0 Å². The van der Waals surface area contributed by atoms with E-state index in [0.29, 0.717) is 23.3 Å². The molecule has 1 N–H and O–H groups in total. The number of hydrogen-bond donors (Lipinski definition) is 1. The molecule has 1 fully saturated rings. The van der Waals surface area contributed by atoms with Crippen molar-refractivity contribution in [3.63, 3.8) is 0 Å². The SMILES string of the molecule is N#Cc1cccc(CCN2C(=O)C3CC=CC(NC(=O)c4cccs4)C3C2=O)c1. The minimum Gasteiger partial charge on any atom is -0.344 e. The molecule has 0 saturated carbocycles. The number of imide groups is 1. The molecule has 2 heterocycles. The van der Waals surface area contributed by atoms with E-state index in [4.69, 9.17) is 5.26 Å². The molecular weight excluding hydrogens is 386 g/mol. The summed E-state index contributed by atoms with van der Waals surface area (Å²) in [6, 6.07) is 12.3. The first kappa shape index (κ1) is 19.1. The normalized spacial score (nSPS) is 23.0. The number of nitrogens with one attached hydrogen (secondary N) is 1. The van der Waals surface area contributed by atoms with Crippen molar-refractivity contribution >= 4 is 29.1 Å². The number of hydrogen-bond acceptors (Lipinski definition) is 5. The molecule has 1 aromatic heterocycles. The Morgan fingerprint density at radius 3 is 2.86 bits per heavy atom. The Morgan fingerprint density at radius 2 is 2.10 bits per heavy atom. The lowest BCUT2D eigenvalue weighted by molar-refractivity contribution is -0.139. The van der Waals surface area contributed by atoms with Crippen LogP contribution in [0.4, 0.5) is 0 Å². The second kappa shape index (κ2) is 8.02. The number of likely N-dealkylation sites (tertiary alicyclic amines) is 1. The van der Waals surface area contributed by atoms with Crippen LogP contribution in [0.2, 0.25) is 0 Å². The van der Waals surface area contributed by atoms with E-state index in [1.807, 2.05) is 23.6 Å². The minimum atomic E-state index is -0.568. The van der Waals surface area contributed by atoms with Gasteiger partial charge in [-0.25, -0.2) is 0 Å². The lowest BCUT2D eigenvalue weighted by Gasteiger charge is -2.26. The summed E-state index contributed by atoms with van der Waals surface area (Å²) >= 11 is 1.33. The van der Waals surface area contributed by atoms with Gasteiger partial charge in [0.2, 0.25) is 11.8 Å². The zero-order valence-corrected chi connectivity index (χ0v) is 16.4. The zero-order valence-electron chi connectivity index (χ0n) is 15.6. The van der Waals surface area contributed by atoms with Crippen LogP contribution in [0, 0.1) is 23.2 Å². The molecule has 6 nitrogen and oxygen atoms in total. The standard InChI is InChI=1S/C22H19N3O3S/c23-13-15-5-1-4-14(12-15)9-10-25-21(27)16-6-2-7-17(19(16)22(25)28)24-20(26)18-8-3-11-29-18/h1-5,7-8,11-12,16-17,19H,6,9-10H2,(H,24,26). The molecule has 146 valence electrons. The summed E-state index contributed by atoms with van der Waals surface area (Å²) in [5.41, 5.74) is 1.45. The van der Waals surface area contributed by atoms with Crippen molar-refractivity contribution in [2.75, 3.05) is 6.54 Å². The lowest BCUT2D eigenvalue weighted by atomic mass is 9.81. The molecular formula is C22H19N3O3S. The van der Waals surface area contributed by atoms with E-state index in [9.17, 15) is 14.4 Å². The molecule has 2 aromatic rings. The molecule has 1 aliphatic carbocycles. The van der Waals surface area contributed by atoms with Gasteiger partial charge in [0.25, 0.3) is 5.91 Å². The summed E-state index contributed by atoms with van der Waals surface area (Å²) in [6.45, 7) is 0.269. The van der Waals surface area contributed by atoms with E-state index >= 15 is 0 Å². The third kappa shape index (κ3) is 3.71. The number of carbonyl (C=O) groups is 3. The van der Waals surface area contributed by atoms with Gasteiger partial charge in [-0.15, -0.1) is 11.3 Å². The molecule has 0 radical (unpaired) electrons. The van der Waals surface area contributed by atoms with Crippen LogP contribution in [-0.4, -0.2) is 35.2 Å². The summed E-state index contributed by atoms with van der Waals surface area (Å²) in [6.07, 6.45) is 4.68. The number of amides is 3. The smallest absolute Gasteiger partial charge is 0.261 e. The molecule has 3 unspecified atom stereocenters. The van der Waals surface area contributed by atoms with Crippen LogP contribution in [0.5, 0.6) is 0 Å². The average molecular weight is 405 g/mol. The van der Waals surface area contributed by atoms with Crippen LogP contribution < -0.4 is 5.32 Å². The summed E-state index contributed by atoms with van der Waals surface area (Å²) in [5, 5.41) is 13.7.